The molecule has 1 aliphatic rings. The third-order valence-electron chi connectivity index (χ3n) is 4.33. The summed E-state index contributed by atoms with van der Waals surface area (Å²) in [5.74, 6) is 0.140. The molecule has 3 rings (SSSR count). The molecule has 23 heavy (non-hydrogen) atoms. The van der Waals surface area contributed by atoms with Crippen molar-refractivity contribution >= 4 is 17.2 Å². The molecule has 1 N–H and O–H groups in total. The Bertz CT molecular complexity index is 648. The van der Waals surface area contributed by atoms with Gasteiger partial charge in [-0.15, -0.1) is 11.3 Å². The summed E-state index contributed by atoms with van der Waals surface area (Å²) in [6.07, 6.45) is -0.474. The molecule has 0 bridgehead atoms. The zero-order valence-electron chi connectivity index (χ0n) is 13.3. The molecule has 1 aromatic carbocycles. The molecular formula is C18H22N2O2S. The van der Waals surface area contributed by atoms with Gasteiger partial charge in [0.15, 0.2) is 0 Å². The highest BCUT2D eigenvalue weighted by Gasteiger charge is 2.25. The van der Waals surface area contributed by atoms with Crippen molar-refractivity contribution in [1.29, 1.82) is 0 Å². The van der Waals surface area contributed by atoms with E-state index >= 15 is 0 Å². The normalized spacial score (nSPS) is 17.2. The van der Waals surface area contributed by atoms with Crippen LogP contribution < -0.4 is 0 Å². The SMILES string of the molecule is Cc1ccsc1C(=O)N1CCN(C[C@@H](O)c2ccccc2)CC1. The Kier molecular flexibility index (Phi) is 5.10. The van der Waals surface area contributed by atoms with E-state index in [2.05, 4.69) is 4.90 Å². The predicted octanol–water partition coefficient (Wildman–Crippen LogP) is 2.55. The van der Waals surface area contributed by atoms with Crippen LogP contribution in [0.5, 0.6) is 0 Å². The minimum Gasteiger partial charge on any atom is -0.387 e. The number of aliphatic hydroxyl groups is 1. The van der Waals surface area contributed by atoms with Gasteiger partial charge in [-0.05, 0) is 29.5 Å². The number of nitrogens with zero attached hydrogens (tertiary/aromatic N) is 2. The summed E-state index contributed by atoms with van der Waals surface area (Å²) < 4.78 is 0. The Labute approximate surface area is 141 Å². The van der Waals surface area contributed by atoms with Gasteiger partial charge in [-0.25, -0.2) is 0 Å². The van der Waals surface area contributed by atoms with Gasteiger partial charge in [0.1, 0.15) is 0 Å². The molecule has 1 fully saturated rings. The van der Waals surface area contributed by atoms with Crippen molar-refractivity contribution in [2.45, 2.75) is 13.0 Å². The number of hydrogen-bond donors (Lipinski definition) is 1. The highest BCUT2D eigenvalue weighted by Crippen LogP contribution is 2.20. The number of aliphatic hydroxyl groups excluding tert-OH is 1. The molecule has 1 amide bonds. The fourth-order valence-corrected chi connectivity index (χ4v) is 3.79. The lowest BCUT2D eigenvalue weighted by Crippen LogP contribution is -2.49. The number of β-amino-alcohol motifs (C(OH)–C–C–N with tert-alkyl or cyclic N) is 1. The largest absolute Gasteiger partial charge is 0.387 e. The van der Waals surface area contributed by atoms with Gasteiger partial charge in [-0.3, -0.25) is 9.69 Å². The van der Waals surface area contributed by atoms with Crippen LogP contribution in [0.25, 0.3) is 0 Å². The van der Waals surface area contributed by atoms with Crippen LogP contribution in [0.15, 0.2) is 41.8 Å². The first kappa shape index (κ1) is 16.2. The fourth-order valence-electron chi connectivity index (χ4n) is 2.89. The van der Waals surface area contributed by atoms with Crippen LogP contribution in [0, 0.1) is 6.92 Å². The van der Waals surface area contributed by atoms with Crippen molar-refractivity contribution in [3.8, 4) is 0 Å². The van der Waals surface area contributed by atoms with Crippen molar-refractivity contribution in [2.75, 3.05) is 32.7 Å². The first-order chi connectivity index (χ1) is 11.1. The molecule has 0 radical (unpaired) electrons. The molecule has 1 aliphatic heterocycles. The second-order valence-electron chi connectivity index (χ2n) is 5.95. The molecule has 0 saturated carbocycles. The van der Waals surface area contributed by atoms with Crippen LogP contribution in [0.4, 0.5) is 0 Å². The molecule has 0 aliphatic carbocycles. The monoisotopic (exact) mass is 330 g/mol. The number of carbonyl (C=O) groups excluding carboxylic acids is 1. The quantitative estimate of drug-likeness (QED) is 0.937. The summed E-state index contributed by atoms with van der Waals surface area (Å²) in [5, 5.41) is 12.3. The molecule has 122 valence electrons. The molecule has 5 heteroatoms. The zero-order valence-corrected chi connectivity index (χ0v) is 14.1. The zero-order chi connectivity index (χ0) is 16.2. The number of rotatable bonds is 4. The van der Waals surface area contributed by atoms with Gasteiger partial charge in [-0.2, -0.15) is 0 Å². The molecular weight excluding hydrogens is 308 g/mol. The van der Waals surface area contributed by atoms with Gasteiger partial charge in [-0.1, -0.05) is 30.3 Å². The third kappa shape index (κ3) is 3.80. The summed E-state index contributed by atoms with van der Waals surface area (Å²) >= 11 is 1.52. The maximum Gasteiger partial charge on any atom is 0.264 e. The molecule has 1 saturated heterocycles. The van der Waals surface area contributed by atoms with Crippen LogP contribution in [-0.4, -0.2) is 53.5 Å². The Hall–Kier alpha value is -1.69. The Morgan fingerprint density at radius 3 is 2.48 bits per heavy atom. The number of hydrogen-bond acceptors (Lipinski definition) is 4. The molecule has 4 nitrogen and oxygen atoms in total. The van der Waals surface area contributed by atoms with Crippen LogP contribution in [0.1, 0.15) is 26.9 Å². The molecule has 2 heterocycles. The summed E-state index contributed by atoms with van der Waals surface area (Å²) in [4.78, 5) is 17.5. The topological polar surface area (TPSA) is 43.8 Å². The standard InChI is InChI=1S/C18H22N2O2S/c1-14-7-12-23-17(14)18(22)20-10-8-19(9-11-20)13-16(21)15-5-3-2-4-6-15/h2-7,12,16,21H,8-11,13H2,1H3/t16-/m1/s1. The number of aryl methyl sites for hydroxylation is 1. The average molecular weight is 330 g/mol. The van der Waals surface area contributed by atoms with Crippen LogP contribution in [0.2, 0.25) is 0 Å². The highest BCUT2D eigenvalue weighted by molar-refractivity contribution is 7.12. The smallest absolute Gasteiger partial charge is 0.264 e. The minimum atomic E-state index is -0.474. The Morgan fingerprint density at radius 2 is 1.87 bits per heavy atom. The van der Waals surface area contributed by atoms with E-state index in [1.54, 1.807) is 0 Å². The van der Waals surface area contributed by atoms with E-state index in [9.17, 15) is 9.90 Å². The van der Waals surface area contributed by atoms with E-state index in [0.29, 0.717) is 6.54 Å². The van der Waals surface area contributed by atoms with Gasteiger partial charge in [0, 0.05) is 32.7 Å². The second kappa shape index (κ2) is 7.25. The predicted molar refractivity (Wildman–Crippen MR) is 92.8 cm³/mol. The van der Waals surface area contributed by atoms with Crippen LogP contribution in [-0.2, 0) is 0 Å². The van der Waals surface area contributed by atoms with Crippen molar-refractivity contribution < 1.29 is 9.90 Å². The lowest BCUT2D eigenvalue weighted by atomic mass is 10.1. The third-order valence-corrected chi connectivity index (χ3v) is 5.34. The molecule has 2 aromatic rings. The van der Waals surface area contributed by atoms with E-state index in [-0.39, 0.29) is 5.91 Å². The van der Waals surface area contributed by atoms with Gasteiger partial charge in [0.25, 0.3) is 5.91 Å². The van der Waals surface area contributed by atoms with Crippen molar-refractivity contribution in [3.63, 3.8) is 0 Å². The van der Waals surface area contributed by atoms with Crippen LogP contribution >= 0.6 is 11.3 Å². The Morgan fingerprint density at radius 1 is 1.17 bits per heavy atom. The highest BCUT2D eigenvalue weighted by atomic mass is 32.1. The first-order valence-electron chi connectivity index (χ1n) is 7.94. The summed E-state index contributed by atoms with van der Waals surface area (Å²) in [6, 6.07) is 11.7. The van der Waals surface area contributed by atoms with Gasteiger partial charge >= 0.3 is 0 Å². The fraction of sp³-hybridized carbons (Fsp3) is 0.389. The van der Waals surface area contributed by atoms with E-state index in [1.807, 2.05) is 53.6 Å². The molecule has 1 aromatic heterocycles. The maximum absolute atomic E-state index is 12.5. The molecule has 0 unspecified atom stereocenters. The molecule has 0 spiro atoms. The average Bonchev–Trinajstić information content (AvgIpc) is 3.02. The van der Waals surface area contributed by atoms with Gasteiger partial charge in [0.05, 0.1) is 11.0 Å². The lowest BCUT2D eigenvalue weighted by molar-refractivity contribution is 0.0531. The van der Waals surface area contributed by atoms with Gasteiger partial charge in [0.2, 0.25) is 0 Å². The minimum absolute atomic E-state index is 0.140. The first-order valence-corrected chi connectivity index (χ1v) is 8.82. The van der Waals surface area contributed by atoms with Crippen molar-refractivity contribution in [2.24, 2.45) is 0 Å². The Balaban J connectivity index is 1.53. The summed E-state index contributed by atoms with van der Waals surface area (Å²) in [7, 11) is 0. The van der Waals surface area contributed by atoms with E-state index in [4.69, 9.17) is 0 Å². The number of amides is 1. The van der Waals surface area contributed by atoms with Gasteiger partial charge < -0.3 is 10.0 Å². The lowest BCUT2D eigenvalue weighted by Gasteiger charge is -2.35. The number of benzene rings is 1. The van der Waals surface area contributed by atoms with E-state index in [1.165, 1.54) is 11.3 Å². The maximum atomic E-state index is 12.5. The van der Waals surface area contributed by atoms with E-state index in [0.717, 1.165) is 42.2 Å². The van der Waals surface area contributed by atoms with E-state index < -0.39 is 6.10 Å². The molecule has 1 atom stereocenters. The summed E-state index contributed by atoms with van der Waals surface area (Å²) in [6.45, 7) is 5.65. The van der Waals surface area contributed by atoms with Crippen molar-refractivity contribution in [3.05, 3.63) is 57.8 Å². The van der Waals surface area contributed by atoms with Crippen molar-refractivity contribution in [1.82, 2.24) is 9.80 Å². The number of thiophene rings is 1. The van der Waals surface area contributed by atoms with Crippen LogP contribution in [0.3, 0.4) is 0 Å². The number of piperazine rings is 1. The second-order valence-corrected chi connectivity index (χ2v) is 6.87. The number of carbonyl (C=O) groups is 1. The summed E-state index contributed by atoms with van der Waals surface area (Å²) in [5.41, 5.74) is 2.00.